The molecule has 0 radical (unpaired) electrons. The van der Waals surface area contributed by atoms with Crippen LogP contribution in [0.25, 0.3) is 0 Å². The molecule has 0 unspecified atom stereocenters. The van der Waals surface area contributed by atoms with Crippen LogP contribution in [0.1, 0.15) is 18.4 Å². The quantitative estimate of drug-likeness (QED) is 0.889. The van der Waals surface area contributed by atoms with Gasteiger partial charge in [-0.1, -0.05) is 12.1 Å². The molecule has 0 spiro atoms. The summed E-state index contributed by atoms with van der Waals surface area (Å²) in [6.07, 6.45) is 2.15. The Hall–Kier alpha value is -1.13. The van der Waals surface area contributed by atoms with E-state index in [0.717, 1.165) is 31.5 Å². The second kappa shape index (κ2) is 5.67. The highest BCUT2D eigenvalue weighted by Crippen LogP contribution is 2.27. The molecule has 1 fully saturated rings. The summed E-state index contributed by atoms with van der Waals surface area (Å²) in [5, 5.41) is 0. The summed E-state index contributed by atoms with van der Waals surface area (Å²) in [5.41, 5.74) is 7.31. The van der Waals surface area contributed by atoms with Gasteiger partial charge < -0.3 is 15.5 Å². The van der Waals surface area contributed by atoms with E-state index in [4.69, 9.17) is 5.73 Å². The van der Waals surface area contributed by atoms with Gasteiger partial charge in [0.25, 0.3) is 0 Å². The summed E-state index contributed by atoms with van der Waals surface area (Å²) in [6.45, 7) is 2.19. The summed E-state index contributed by atoms with van der Waals surface area (Å²) in [6, 6.07) is 5.77. The van der Waals surface area contributed by atoms with Crippen LogP contribution in [0.3, 0.4) is 0 Å². The molecule has 0 bridgehead atoms. The second-order valence-corrected chi connectivity index (χ2v) is 5.13. The van der Waals surface area contributed by atoms with E-state index >= 15 is 0 Å². The van der Waals surface area contributed by atoms with Crippen molar-refractivity contribution in [2.75, 3.05) is 32.1 Å². The molecule has 0 atom stereocenters. The summed E-state index contributed by atoms with van der Waals surface area (Å²) in [4.78, 5) is 4.39. The average Bonchev–Trinajstić information content (AvgIpc) is 2.38. The largest absolute Gasteiger partial charge is 0.369 e. The first-order chi connectivity index (χ1) is 8.63. The lowest BCUT2D eigenvalue weighted by Gasteiger charge is -2.37. The number of piperidine rings is 1. The van der Waals surface area contributed by atoms with E-state index in [2.05, 4.69) is 23.9 Å². The van der Waals surface area contributed by atoms with Gasteiger partial charge in [-0.3, -0.25) is 0 Å². The number of halogens is 1. The maximum Gasteiger partial charge on any atom is 0.146 e. The lowest BCUT2D eigenvalue weighted by molar-refractivity contribution is 0.249. The van der Waals surface area contributed by atoms with E-state index in [1.54, 1.807) is 6.07 Å². The Kier molecular flexibility index (Phi) is 4.19. The van der Waals surface area contributed by atoms with E-state index in [1.165, 1.54) is 6.07 Å². The maximum atomic E-state index is 14.0. The van der Waals surface area contributed by atoms with Crippen LogP contribution in [0.15, 0.2) is 18.2 Å². The minimum Gasteiger partial charge on any atom is -0.369 e. The first-order valence-corrected chi connectivity index (χ1v) is 6.52. The Morgan fingerprint density at radius 1 is 1.33 bits per heavy atom. The van der Waals surface area contributed by atoms with Crippen molar-refractivity contribution >= 4 is 5.69 Å². The first-order valence-electron chi connectivity index (χ1n) is 6.52. The molecule has 2 N–H and O–H groups in total. The Morgan fingerprint density at radius 2 is 2.00 bits per heavy atom. The van der Waals surface area contributed by atoms with E-state index < -0.39 is 0 Å². The zero-order valence-electron chi connectivity index (χ0n) is 11.2. The third-order valence-electron chi connectivity index (χ3n) is 3.80. The van der Waals surface area contributed by atoms with Crippen LogP contribution in [0.2, 0.25) is 0 Å². The van der Waals surface area contributed by atoms with Crippen molar-refractivity contribution in [2.45, 2.75) is 25.4 Å². The van der Waals surface area contributed by atoms with Crippen molar-refractivity contribution in [3.05, 3.63) is 29.6 Å². The third kappa shape index (κ3) is 2.65. The first kappa shape index (κ1) is 13.3. The lowest BCUT2D eigenvalue weighted by atomic mass is 10.0. The van der Waals surface area contributed by atoms with Crippen molar-refractivity contribution in [2.24, 2.45) is 5.73 Å². The minimum atomic E-state index is -0.152. The lowest BCUT2D eigenvalue weighted by Crippen LogP contribution is -2.42. The van der Waals surface area contributed by atoms with E-state index in [-0.39, 0.29) is 5.82 Å². The van der Waals surface area contributed by atoms with E-state index in [1.807, 2.05) is 6.07 Å². The van der Waals surface area contributed by atoms with Crippen molar-refractivity contribution < 1.29 is 4.39 Å². The van der Waals surface area contributed by atoms with Gasteiger partial charge in [0, 0.05) is 25.7 Å². The van der Waals surface area contributed by atoms with Gasteiger partial charge in [0.15, 0.2) is 0 Å². The average molecular weight is 251 g/mol. The van der Waals surface area contributed by atoms with Gasteiger partial charge in [-0.25, -0.2) is 4.39 Å². The van der Waals surface area contributed by atoms with Gasteiger partial charge in [0.1, 0.15) is 5.82 Å². The van der Waals surface area contributed by atoms with Crippen LogP contribution < -0.4 is 10.6 Å². The number of hydrogen-bond donors (Lipinski definition) is 1. The SMILES string of the molecule is CN(C)C1CCN(c2c(F)cccc2CN)CC1. The molecule has 2 rings (SSSR count). The predicted molar refractivity (Wildman–Crippen MR) is 73.2 cm³/mol. The van der Waals surface area contributed by atoms with Gasteiger partial charge >= 0.3 is 0 Å². The zero-order valence-corrected chi connectivity index (χ0v) is 11.2. The fourth-order valence-electron chi connectivity index (χ4n) is 2.68. The number of para-hydroxylation sites is 1. The molecular weight excluding hydrogens is 229 g/mol. The highest BCUT2D eigenvalue weighted by molar-refractivity contribution is 5.55. The Morgan fingerprint density at radius 3 is 2.56 bits per heavy atom. The van der Waals surface area contributed by atoms with Gasteiger partial charge in [-0.2, -0.15) is 0 Å². The van der Waals surface area contributed by atoms with Crippen LogP contribution in [0.4, 0.5) is 10.1 Å². The Bertz CT molecular complexity index is 398. The molecule has 3 nitrogen and oxygen atoms in total. The highest BCUT2D eigenvalue weighted by atomic mass is 19.1. The maximum absolute atomic E-state index is 14.0. The fourth-order valence-corrected chi connectivity index (χ4v) is 2.68. The van der Waals surface area contributed by atoms with E-state index in [9.17, 15) is 4.39 Å². The topological polar surface area (TPSA) is 32.5 Å². The standard InChI is InChI=1S/C14H22FN3/c1-17(2)12-6-8-18(9-7-12)14-11(10-16)4-3-5-13(14)15/h3-5,12H,6-10,16H2,1-2H3. The van der Waals surface area contributed by atoms with Crippen LogP contribution in [0.5, 0.6) is 0 Å². The summed E-state index contributed by atoms with van der Waals surface area (Å²) < 4.78 is 14.0. The van der Waals surface area contributed by atoms with Crippen molar-refractivity contribution in [1.29, 1.82) is 0 Å². The number of nitrogens with zero attached hydrogens (tertiary/aromatic N) is 2. The van der Waals surface area contributed by atoms with Crippen LogP contribution in [0, 0.1) is 5.82 Å². The number of hydrogen-bond acceptors (Lipinski definition) is 3. The molecule has 1 heterocycles. The van der Waals surface area contributed by atoms with E-state index in [0.29, 0.717) is 18.3 Å². The molecule has 18 heavy (non-hydrogen) atoms. The number of anilines is 1. The number of nitrogens with two attached hydrogens (primary N) is 1. The van der Waals surface area contributed by atoms with Crippen molar-refractivity contribution in [1.82, 2.24) is 4.90 Å². The summed E-state index contributed by atoms with van der Waals surface area (Å²) in [7, 11) is 4.21. The van der Waals surface area contributed by atoms with Gasteiger partial charge in [0.05, 0.1) is 5.69 Å². The van der Waals surface area contributed by atoms with Crippen LogP contribution >= 0.6 is 0 Å². The predicted octanol–water partition coefficient (Wildman–Crippen LogP) is 1.81. The van der Waals surface area contributed by atoms with Gasteiger partial charge in [-0.05, 0) is 38.6 Å². The molecule has 1 aromatic carbocycles. The van der Waals surface area contributed by atoms with Crippen molar-refractivity contribution in [3.8, 4) is 0 Å². The normalized spacial score (nSPS) is 17.5. The molecule has 0 aromatic heterocycles. The molecular formula is C14H22FN3. The minimum absolute atomic E-state index is 0.152. The molecule has 1 saturated heterocycles. The molecule has 0 aliphatic carbocycles. The highest BCUT2D eigenvalue weighted by Gasteiger charge is 2.23. The zero-order chi connectivity index (χ0) is 13.1. The molecule has 1 aliphatic rings. The molecule has 1 aromatic rings. The molecule has 4 heteroatoms. The number of rotatable bonds is 3. The van der Waals surface area contributed by atoms with Crippen LogP contribution in [-0.4, -0.2) is 38.1 Å². The molecule has 0 saturated carbocycles. The fraction of sp³-hybridized carbons (Fsp3) is 0.571. The third-order valence-corrected chi connectivity index (χ3v) is 3.80. The van der Waals surface area contributed by atoms with Gasteiger partial charge in [-0.15, -0.1) is 0 Å². The number of benzene rings is 1. The van der Waals surface area contributed by atoms with Crippen LogP contribution in [-0.2, 0) is 6.54 Å². The molecule has 1 aliphatic heterocycles. The smallest absolute Gasteiger partial charge is 0.146 e. The van der Waals surface area contributed by atoms with Crippen molar-refractivity contribution in [3.63, 3.8) is 0 Å². The summed E-state index contributed by atoms with van der Waals surface area (Å²) >= 11 is 0. The molecule has 0 amide bonds. The monoisotopic (exact) mass is 251 g/mol. The Labute approximate surface area is 108 Å². The summed E-state index contributed by atoms with van der Waals surface area (Å²) in [5.74, 6) is -0.152. The Balaban J connectivity index is 2.14. The van der Waals surface area contributed by atoms with Gasteiger partial charge in [0.2, 0.25) is 0 Å². The second-order valence-electron chi connectivity index (χ2n) is 5.13. The molecule has 100 valence electrons.